The predicted molar refractivity (Wildman–Crippen MR) is 81.1 cm³/mol. The number of nitrogens with one attached hydrogen (secondary N) is 1. The van der Waals surface area contributed by atoms with Crippen LogP contribution in [0.2, 0.25) is 0 Å². The number of thioether (sulfide) groups is 1. The van der Waals surface area contributed by atoms with E-state index in [0.717, 1.165) is 41.6 Å². The average Bonchev–Trinajstić information content (AvgIpc) is 3.05. The Morgan fingerprint density at radius 2 is 2.45 bits per heavy atom. The number of hydrogen-bond acceptors (Lipinski definition) is 7. The lowest BCUT2D eigenvalue weighted by molar-refractivity contribution is -0.150. The highest BCUT2D eigenvalue weighted by Crippen LogP contribution is 2.39. The van der Waals surface area contributed by atoms with Gasteiger partial charge in [-0.25, -0.2) is 4.98 Å². The van der Waals surface area contributed by atoms with Crippen LogP contribution in [0.3, 0.4) is 0 Å². The van der Waals surface area contributed by atoms with Crippen LogP contribution >= 0.6 is 23.3 Å². The molecule has 0 aromatic carbocycles. The van der Waals surface area contributed by atoms with Crippen molar-refractivity contribution in [1.82, 2.24) is 14.7 Å². The number of methoxy groups -OCH3 is 1. The molecule has 20 heavy (non-hydrogen) atoms. The Morgan fingerprint density at radius 3 is 3.05 bits per heavy atom. The molecule has 1 aromatic heterocycles. The minimum atomic E-state index is -0.494. The van der Waals surface area contributed by atoms with Crippen molar-refractivity contribution < 1.29 is 9.53 Å². The zero-order valence-corrected chi connectivity index (χ0v) is 13.8. The number of nitrogens with zero attached hydrogens (tertiary/aromatic N) is 2. The molecule has 0 spiro atoms. The Labute approximate surface area is 128 Å². The van der Waals surface area contributed by atoms with Crippen LogP contribution in [0.4, 0.5) is 0 Å². The summed E-state index contributed by atoms with van der Waals surface area (Å²) in [6.07, 6.45) is 4.00. The number of hydrogen-bond donors (Lipinski definition) is 1. The van der Waals surface area contributed by atoms with E-state index in [1.165, 1.54) is 18.6 Å². The van der Waals surface area contributed by atoms with Gasteiger partial charge in [-0.1, -0.05) is 18.2 Å². The van der Waals surface area contributed by atoms with Gasteiger partial charge in [-0.15, -0.1) is 0 Å². The van der Waals surface area contributed by atoms with E-state index >= 15 is 0 Å². The number of aromatic nitrogens is 2. The van der Waals surface area contributed by atoms with E-state index < -0.39 is 5.54 Å². The molecule has 0 saturated heterocycles. The second kappa shape index (κ2) is 6.87. The first-order valence-electron chi connectivity index (χ1n) is 6.83. The van der Waals surface area contributed by atoms with Crippen LogP contribution in [0.25, 0.3) is 0 Å². The fraction of sp³-hybridized carbons (Fsp3) is 0.769. The maximum Gasteiger partial charge on any atom is 0.326 e. The summed E-state index contributed by atoms with van der Waals surface area (Å²) in [6.45, 7) is 1.90. The number of aryl methyl sites for hydroxylation is 1. The van der Waals surface area contributed by atoms with E-state index in [4.69, 9.17) is 4.74 Å². The number of ether oxygens (including phenoxy) is 1. The maximum atomic E-state index is 12.1. The van der Waals surface area contributed by atoms with Crippen molar-refractivity contribution in [1.29, 1.82) is 0 Å². The first-order valence-corrected chi connectivity index (χ1v) is 8.58. The van der Waals surface area contributed by atoms with Gasteiger partial charge in [0.25, 0.3) is 0 Å². The smallest absolute Gasteiger partial charge is 0.326 e. The summed E-state index contributed by atoms with van der Waals surface area (Å²) in [6, 6.07) is 0. The Morgan fingerprint density at radius 1 is 1.65 bits per heavy atom. The van der Waals surface area contributed by atoms with Crippen LogP contribution in [0.5, 0.6) is 0 Å². The van der Waals surface area contributed by atoms with E-state index in [2.05, 4.69) is 14.7 Å². The monoisotopic (exact) mass is 315 g/mol. The summed E-state index contributed by atoms with van der Waals surface area (Å²) in [4.78, 5) is 16.4. The zero-order chi connectivity index (χ0) is 14.6. The van der Waals surface area contributed by atoms with Crippen molar-refractivity contribution in [2.75, 3.05) is 19.9 Å². The molecule has 1 aliphatic carbocycles. The van der Waals surface area contributed by atoms with E-state index in [1.54, 1.807) is 11.8 Å². The molecule has 1 saturated carbocycles. The Balaban J connectivity index is 1.92. The number of esters is 1. The average molecular weight is 315 g/mol. The van der Waals surface area contributed by atoms with Crippen molar-refractivity contribution in [2.45, 2.75) is 42.5 Å². The Kier molecular flexibility index (Phi) is 5.40. The van der Waals surface area contributed by atoms with Crippen LogP contribution < -0.4 is 5.32 Å². The number of carbonyl (C=O) groups is 1. The third kappa shape index (κ3) is 3.15. The van der Waals surface area contributed by atoms with Gasteiger partial charge in [0.2, 0.25) is 0 Å². The van der Waals surface area contributed by atoms with Crippen molar-refractivity contribution >= 4 is 29.3 Å². The van der Waals surface area contributed by atoms with E-state index in [1.807, 2.05) is 14.0 Å². The second-order valence-corrected chi connectivity index (χ2v) is 7.14. The maximum absolute atomic E-state index is 12.1. The lowest BCUT2D eigenvalue weighted by atomic mass is 9.85. The lowest BCUT2D eigenvalue weighted by Gasteiger charge is -2.32. The summed E-state index contributed by atoms with van der Waals surface area (Å²) >= 11 is 3.17. The van der Waals surface area contributed by atoms with Gasteiger partial charge in [0.05, 0.1) is 7.11 Å². The van der Waals surface area contributed by atoms with Crippen LogP contribution in [0.15, 0.2) is 4.34 Å². The standard InChI is InChI=1S/C13H21N3O2S2/c1-9-15-12(20-16-9)19-8-6-10-5-4-7-13(10,14-2)11(17)18-3/h10,14H,4-8H2,1-3H3. The molecule has 2 rings (SSSR count). The molecule has 2 atom stereocenters. The third-order valence-corrected chi connectivity index (χ3v) is 5.98. The number of rotatable bonds is 6. The molecule has 0 bridgehead atoms. The van der Waals surface area contributed by atoms with E-state index in [0.29, 0.717) is 5.92 Å². The van der Waals surface area contributed by atoms with Crippen LogP contribution in [-0.2, 0) is 9.53 Å². The summed E-state index contributed by atoms with van der Waals surface area (Å²) in [5.41, 5.74) is -0.494. The molecule has 7 heteroatoms. The summed E-state index contributed by atoms with van der Waals surface area (Å²) in [5.74, 6) is 2.00. The molecular formula is C13H21N3O2S2. The molecule has 1 fully saturated rings. The Hall–Kier alpha value is -0.660. The fourth-order valence-electron chi connectivity index (χ4n) is 2.98. The number of carbonyl (C=O) groups excluding carboxylic acids is 1. The molecule has 1 heterocycles. The van der Waals surface area contributed by atoms with Crippen LogP contribution in [0, 0.1) is 12.8 Å². The van der Waals surface area contributed by atoms with Gasteiger partial charge >= 0.3 is 5.97 Å². The first-order chi connectivity index (χ1) is 9.62. The van der Waals surface area contributed by atoms with Crippen LogP contribution in [0.1, 0.15) is 31.5 Å². The van der Waals surface area contributed by atoms with Crippen molar-refractivity contribution in [3.05, 3.63) is 5.82 Å². The topological polar surface area (TPSA) is 64.1 Å². The molecule has 1 N–H and O–H groups in total. The summed E-state index contributed by atoms with van der Waals surface area (Å²) in [7, 11) is 3.33. The molecule has 0 aliphatic heterocycles. The highest BCUT2D eigenvalue weighted by Gasteiger charge is 2.48. The zero-order valence-electron chi connectivity index (χ0n) is 12.1. The van der Waals surface area contributed by atoms with Crippen molar-refractivity contribution in [3.8, 4) is 0 Å². The summed E-state index contributed by atoms with van der Waals surface area (Å²) < 4.78 is 10.2. The van der Waals surface area contributed by atoms with E-state index in [9.17, 15) is 4.79 Å². The van der Waals surface area contributed by atoms with Gasteiger partial charge < -0.3 is 10.1 Å². The normalized spacial score (nSPS) is 25.9. The van der Waals surface area contributed by atoms with Gasteiger partial charge in [0, 0.05) is 5.75 Å². The van der Waals surface area contributed by atoms with Gasteiger partial charge in [-0.2, -0.15) is 4.37 Å². The minimum absolute atomic E-state index is 0.126. The highest BCUT2D eigenvalue weighted by molar-refractivity contribution is 8.00. The first kappa shape index (κ1) is 15.7. The third-order valence-electron chi connectivity index (χ3n) is 4.02. The van der Waals surface area contributed by atoms with Gasteiger partial charge in [0.1, 0.15) is 11.4 Å². The molecule has 0 radical (unpaired) electrons. The SMILES string of the molecule is CNC1(C(=O)OC)CCCC1CCSc1nc(C)ns1. The molecule has 112 valence electrons. The molecule has 1 aliphatic rings. The molecule has 0 amide bonds. The van der Waals surface area contributed by atoms with Crippen molar-refractivity contribution in [2.24, 2.45) is 5.92 Å². The molecule has 2 unspecified atom stereocenters. The van der Waals surface area contributed by atoms with Crippen molar-refractivity contribution in [3.63, 3.8) is 0 Å². The quantitative estimate of drug-likeness (QED) is 0.642. The molecular weight excluding hydrogens is 294 g/mol. The van der Waals surface area contributed by atoms with E-state index in [-0.39, 0.29) is 5.97 Å². The minimum Gasteiger partial charge on any atom is -0.468 e. The Bertz CT molecular complexity index is 466. The lowest BCUT2D eigenvalue weighted by Crippen LogP contribution is -2.53. The summed E-state index contributed by atoms with van der Waals surface area (Å²) in [5, 5.41) is 3.22. The van der Waals surface area contributed by atoms with Crippen LogP contribution in [-0.4, -0.2) is 40.8 Å². The highest BCUT2D eigenvalue weighted by atomic mass is 32.2. The largest absolute Gasteiger partial charge is 0.468 e. The van der Waals surface area contributed by atoms with Gasteiger partial charge in [-0.05, 0) is 50.7 Å². The predicted octanol–water partition coefficient (Wildman–Crippen LogP) is 2.26. The number of likely N-dealkylation sites (N-methyl/N-ethyl adjacent to an activating group) is 1. The van der Waals surface area contributed by atoms with Gasteiger partial charge in [-0.3, -0.25) is 4.79 Å². The molecule has 5 nitrogen and oxygen atoms in total. The molecule has 1 aromatic rings. The van der Waals surface area contributed by atoms with Gasteiger partial charge in [0.15, 0.2) is 4.34 Å². The second-order valence-electron chi connectivity index (χ2n) is 5.05. The fourth-order valence-corrected chi connectivity index (χ4v) is 4.75.